The van der Waals surface area contributed by atoms with Crippen LogP contribution in [-0.4, -0.2) is 17.5 Å². The number of ether oxygens (including phenoxy) is 1. The van der Waals surface area contributed by atoms with Crippen molar-refractivity contribution >= 4 is 5.78 Å². The van der Waals surface area contributed by atoms with Crippen molar-refractivity contribution < 1.29 is 9.53 Å². The average Bonchev–Trinajstić information content (AvgIpc) is 2.77. The van der Waals surface area contributed by atoms with Gasteiger partial charge in [-0.25, -0.2) is 0 Å². The van der Waals surface area contributed by atoms with E-state index in [9.17, 15) is 4.79 Å². The Labute approximate surface area is 154 Å². The molecule has 2 heteroatoms. The molecule has 0 spiro atoms. The fourth-order valence-electron chi connectivity index (χ4n) is 5.98. The maximum Gasteiger partial charge on any atom is 0.158 e. The molecular formula is C23H36O2. The molecule has 0 aliphatic heterocycles. The Kier molecular flexibility index (Phi) is 5.05. The Bertz CT molecular complexity index is 579. The van der Waals surface area contributed by atoms with E-state index in [1.807, 2.05) is 6.08 Å². The average molecular weight is 345 g/mol. The van der Waals surface area contributed by atoms with Gasteiger partial charge in [0, 0.05) is 6.42 Å². The molecule has 0 saturated heterocycles. The van der Waals surface area contributed by atoms with Crippen molar-refractivity contribution in [2.45, 2.75) is 91.3 Å². The molecular weight excluding hydrogens is 308 g/mol. The van der Waals surface area contributed by atoms with Crippen molar-refractivity contribution in [3.05, 3.63) is 23.8 Å². The minimum atomic E-state index is -0.0927. The van der Waals surface area contributed by atoms with Crippen molar-refractivity contribution in [2.75, 3.05) is 0 Å². The highest BCUT2D eigenvalue weighted by molar-refractivity contribution is 5.97. The van der Waals surface area contributed by atoms with Gasteiger partial charge in [-0.15, -0.1) is 6.58 Å². The maximum atomic E-state index is 12.5. The molecule has 0 aromatic carbocycles. The zero-order valence-electron chi connectivity index (χ0n) is 16.9. The van der Waals surface area contributed by atoms with E-state index in [0.29, 0.717) is 29.6 Å². The van der Waals surface area contributed by atoms with Crippen molar-refractivity contribution in [3.8, 4) is 0 Å². The quantitative estimate of drug-likeness (QED) is 0.596. The first kappa shape index (κ1) is 18.9. The number of hydrogen-bond acceptors (Lipinski definition) is 2. The second-order valence-corrected chi connectivity index (χ2v) is 9.88. The molecule has 0 radical (unpaired) electrons. The van der Waals surface area contributed by atoms with Crippen molar-refractivity contribution in [3.63, 3.8) is 0 Å². The van der Waals surface area contributed by atoms with Crippen molar-refractivity contribution in [2.24, 2.45) is 23.2 Å². The predicted molar refractivity (Wildman–Crippen MR) is 103 cm³/mol. The molecule has 2 saturated carbocycles. The van der Waals surface area contributed by atoms with E-state index in [4.69, 9.17) is 4.74 Å². The Morgan fingerprint density at radius 3 is 2.68 bits per heavy atom. The van der Waals surface area contributed by atoms with E-state index in [1.54, 1.807) is 0 Å². The smallest absolute Gasteiger partial charge is 0.158 e. The number of hydrogen-bond donors (Lipinski definition) is 0. The lowest BCUT2D eigenvalue weighted by molar-refractivity contribution is -0.132. The van der Waals surface area contributed by atoms with Crippen LogP contribution in [0.2, 0.25) is 0 Å². The molecule has 0 N–H and O–H groups in total. The van der Waals surface area contributed by atoms with Crippen LogP contribution in [0.4, 0.5) is 0 Å². The molecule has 2 nitrogen and oxygen atoms in total. The molecule has 2 fully saturated rings. The summed E-state index contributed by atoms with van der Waals surface area (Å²) in [4.78, 5) is 12.5. The fraction of sp³-hybridized carbons (Fsp3) is 0.783. The summed E-state index contributed by atoms with van der Waals surface area (Å²) in [6.45, 7) is 15.2. The summed E-state index contributed by atoms with van der Waals surface area (Å²) in [6, 6.07) is 0. The van der Waals surface area contributed by atoms with Gasteiger partial charge >= 0.3 is 0 Å². The van der Waals surface area contributed by atoms with Crippen LogP contribution >= 0.6 is 0 Å². The molecule has 4 unspecified atom stereocenters. The maximum absolute atomic E-state index is 12.5. The Hall–Kier alpha value is -0.890. The Balaban J connectivity index is 1.91. The second kappa shape index (κ2) is 6.68. The van der Waals surface area contributed by atoms with E-state index >= 15 is 0 Å². The van der Waals surface area contributed by atoms with Gasteiger partial charge in [0.2, 0.25) is 0 Å². The lowest BCUT2D eigenvalue weighted by atomic mass is 9.58. The largest absolute Gasteiger partial charge is 0.372 e. The molecule has 0 aromatic heterocycles. The first-order valence-corrected chi connectivity index (χ1v) is 10.2. The summed E-state index contributed by atoms with van der Waals surface area (Å²) in [7, 11) is 0. The summed E-state index contributed by atoms with van der Waals surface area (Å²) >= 11 is 0. The molecule has 0 bridgehead atoms. The van der Waals surface area contributed by atoms with Crippen LogP contribution in [0, 0.1) is 23.2 Å². The SMILES string of the molecule is C=CCCC1=C2CC[C@]3(C)C(CC(C)C3OC(C)(C)C)C2CCC1=O. The third-order valence-electron chi connectivity index (χ3n) is 6.99. The highest BCUT2D eigenvalue weighted by atomic mass is 16.5. The monoisotopic (exact) mass is 344 g/mol. The summed E-state index contributed by atoms with van der Waals surface area (Å²) in [5.41, 5.74) is 2.82. The van der Waals surface area contributed by atoms with Gasteiger partial charge in [0.05, 0.1) is 11.7 Å². The molecule has 0 heterocycles. The normalized spacial score (nSPS) is 38.5. The molecule has 3 aliphatic carbocycles. The van der Waals surface area contributed by atoms with Gasteiger partial charge in [-0.05, 0) is 88.0 Å². The minimum absolute atomic E-state index is 0.0927. The third-order valence-corrected chi connectivity index (χ3v) is 6.99. The van der Waals surface area contributed by atoms with Crippen LogP contribution in [0.15, 0.2) is 23.8 Å². The van der Waals surface area contributed by atoms with Crippen LogP contribution < -0.4 is 0 Å². The number of carbonyl (C=O) groups excluding carboxylic acids is 1. The first-order valence-electron chi connectivity index (χ1n) is 10.2. The number of fused-ring (bicyclic) bond motifs is 3. The summed E-state index contributed by atoms with van der Waals surface area (Å²) in [6.07, 6.45) is 9.41. The van der Waals surface area contributed by atoms with E-state index in [1.165, 1.54) is 18.4 Å². The number of ketones is 1. The summed E-state index contributed by atoms with van der Waals surface area (Å²) < 4.78 is 6.58. The molecule has 3 aliphatic rings. The second-order valence-electron chi connectivity index (χ2n) is 9.88. The van der Waals surface area contributed by atoms with Gasteiger partial charge in [-0.3, -0.25) is 4.79 Å². The fourth-order valence-corrected chi connectivity index (χ4v) is 5.98. The van der Waals surface area contributed by atoms with E-state index in [0.717, 1.165) is 37.7 Å². The highest BCUT2D eigenvalue weighted by Crippen LogP contribution is 2.61. The first-order chi connectivity index (χ1) is 11.7. The summed E-state index contributed by atoms with van der Waals surface area (Å²) in [5, 5.41) is 0. The van der Waals surface area contributed by atoms with Crippen LogP contribution in [0.5, 0.6) is 0 Å². The third kappa shape index (κ3) is 3.39. The summed E-state index contributed by atoms with van der Waals surface area (Å²) in [5.74, 6) is 2.28. The lowest BCUT2D eigenvalue weighted by Gasteiger charge is -2.49. The van der Waals surface area contributed by atoms with Gasteiger partial charge in [-0.1, -0.05) is 25.5 Å². The number of allylic oxidation sites excluding steroid dienone is 3. The molecule has 3 rings (SSSR count). The van der Waals surface area contributed by atoms with Gasteiger partial charge in [-0.2, -0.15) is 0 Å². The van der Waals surface area contributed by atoms with Crippen LogP contribution in [-0.2, 0) is 9.53 Å². The zero-order chi connectivity index (χ0) is 18.4. The number of Topliss-reactive ketones (excluding diaryl/α,β-unsaturated/α-hetero) is 1. The molecule has 0 aromatic rings. The standard InChI is InChI=1S/C23H36O2/c1-7-8-9-18-16-12-13-23(6)19(17(16)10-11-20(18)24)14-15(2)21(23)25-22(3,4)5/h7,15,17,19,21H,1,8-14H2,2-6H3/t15?,17?,19?,21?,23-/m1/s1. The van der Waals surface area contributed by atoms with Crippen LogP contribution in [0.3, 0.4) is 0 Å². The Morgan fingerprint density at radius 2 is 2.04 bits per heavy atom. The Morgan fingerprint density at radius 1 is 1.32 bits per heavy atom. The molecule has 0 amide bonds. The van der Waals surface area contributed by atoms with Gasteiger partial charge in [0.25, 0.3) is 0 Å². The highest BCUT2D eigenvalue weighted by Gasteiger charge is 2.57. The van der Waals surface area contributed by atoms with Crippen molar-refractivity contribution in [1.29, 1.82) is 0 Å². The van der Waals surface area contributed by atoms with E-state index in [-0.39, 0.29) is 11.0 Å². The number of rotatable bonds is 4. The van der Waals surface area contributed by atoms with Gasteiger partial charge in [0.1, 0.15) is 0 Å². The molecule has 25 heavy (non-hydrogen) atoms. The number of carbonyl (C=O) groups is 1. The topological polar surface area (TPSA) is 26.3 Å². The minimum Gasteiger partial charge on any atom is -0.372 e. The predicted octanol–water partition coefficient (Wildman–Crippen LogP) is 5.87. The van der Waals surface area contributed by atoms with Gasteiger partial charge in [0.15, 0.2) is 5.78 Å². The van der Waals surface area contributed by atoms with Gasteiger partial charge < -0.3 is 4.74 Å². The zero-order valence-corrected chi connectivity index (χ0v) is 16.9. The van der Waals surface area contributed by atoms with E-state index in [2.05, 4.69) is 41.2 Å². The van der Waals surface area contributed by atoms with Crippen LogP contribution in [0.25, 0.3) is 0 Å². The van der Waals surface area contributed by atoms with Crippen molar-refractivity contribution in [1.82, 2.24) is 0 Å². The van der Waals surface area contributed by atoms with E-state index < -0.39 is 0 Å². The molecule has 140 valence electrons. The molecule has 5 atom stereocenters. The van der Waals surface area contributed by atoms with Crippen LogP contribution in [0.1, 0.15) is 79.6 Å². The lowest BCUT2D eigenvalue weighted by Crippen LogP contribution is -2.46.